The van der Waals surface area contributed by atoms with Gasteiger partial charge in [0.2, 0.25) is 0 Å². The molecule has 0 bridgehead atoms. The minimum Gasteiger partial charge on any atom is -0.309 e. The molecule has 1 heterocycles. The van der Waals surface area contributed by atoms with E-state index < -0.39 is 0 Å². The Morgan fingerprint density at radius 2 is 1.06 bits per heavy atom. The van der Waals surface area contributed by atoms with Crippen molar-refractivity contribution in [1.29, 1.82) is 0 Å². The molecule has 0 aliphatic heterocycles. The fourth-order valence-corrected chi connectivity index (χ4v) is 5.03. The van der Waals surface area contributed by atoms with Crippen LogP contribution in [0.1, 0.15) is 26.3 Å². The molecule has 1 nitrogen and oxygen atoms in total. The molecule has 0 saturated heterocycles. The first kappa shape index (κ1) is 21.4. The van der Waals surface area contributed by atoms with Crippen LogP contribution in [-0.4, -0.2) is 4.57 Å². The smallest absolute Gasteiger partial charge is 0.0547 e. The maximum absolute atomic E-state index is 2.39. The summed E-state index contributed by atoms with van der Waals surface area (Å²) in [6.45, 7) is 6.87. The number of fused-ring (bicyclic) bond motifs is 3. The van der Waals surface area contributed by atoms with Crippen LogP contribution < -0.4 is 0 Å². The molecule has 0 fully saturated rings. The first-order valence-electron chi connectivity index (χ1n) is 12.3. The van der Waals surface area contributed by atoms with E-state index in [4.69, 9.17) is 0 Å². The maximum Gasteiger partial charge on any atom is 0.0547 e. The van der Waals surface area contributed by atoms with Crippen molar-refractivity contribution >= 4 is 21.8 Å². The highest BCUT2D eigenvalue weighted by Crippen LogP contribution is 2.37. The van der Waals surface area contributed by atoms with Gasteiger partial charge in [0.15, 0.2) is 0 Å². The Balaban J connectivity index is 1.62. The SMILES string of the molecule is CC(C)(C)c1cc(-c2ccccc2)cc(-c2ccc3c4ccccc4n(-c4ccccc4)c3c2)c1. The molecule has 6 aromatic rings. The third-order valence-electron chi connectivity index (χ3n) is 6.93. The predicted octanol–water partition coefficient (Wildman–Crippen LogP) is 9.42. The van der Waals surface area contributed by atoms with Gasteiger partial charge in [0.1, 0.15) is 0 Å². The van der Waals surface area contributed by atoms with Crippen LogP contribution in [0, 0.1) is 0 Å². The Morgan fingerprint density at radius 3 is 1.77 bits per heavy atom. The third-order valence-corrected chi connectivity index (χ3v) is 6.93. The molecule has 35 heavy (non-hydrogen) atoms. The van der Waals surface area contributed by atoms with Crippen molar-refractivity contribution in [3.8, 4) is 27.9 Å². The largest absolute Gasteiger partial charge is 0.309 e. The molecule has 0 amide bonds. The van der Waals surface area contributed by atoms with Gasteiger partial charge in [-0.15, -0.1) is 0 Å². The van der Waals surface area contributed by atoms with Gasteiger partial charge in [-0.3, -0.25) is 0 Å². The van der Waals surface area contributed by atoms with E-state index >= 15 is 0 Å². The summed E-state index contributed by atoms with van der Waals surface area (Å²) >= 11 is 0. The summed E-state index contributed by atoms with van der Waals surface area (Å²) in [5.41, 5.74) is 10.1. The molecule has 1 aromatic heterocycles. The van der Waals surface area contributed by atoms with Crippen LogP contribution in [-0.2, 0) is 5.41 Å². The lowest BCUT2D eigenvalue weighted by Gasteiger charge is -2.22. The lowest BCUT2D eigenvalue weighted by atomic mass is 9.83. The van der Waals surface area contributed by atoms with Crippen LogP contribution >= 0.6 is 0 Å². The molecule has 6 rings (SSSR count). The van der Waals surface area contributed by atoms with Crippen LogP contribution in [0.2, 0.25) is 0 Å². The molecule has 0 radical (unpaired) electrons. The number of para-hydroxylation sites is 2. The molecule has 0 unspecified atom stereocenters. The van der Waals surface area contributed by atoms with Crippen LogP contribution in [0.3, 0.4) is 0 Å². The van der Waals surface area contributed by atoms with Gasteiger partial charge < -0.3 is 4.57 Å². The van der Waals surface area contributed by atoms with Crippen molar-refractivity contribution < 1.29 is 0 Å². The molecule has 0 N–H and O–H groups in total. The van der Waals surface area contributed by atoms with E-state index in [-0.39, 0.29) is 5.41 Å². The maximum atomic E-state index is 2.39. The minimum atomic E-state index is 0.0581. The summed E-state index contributed by atoms with van der Waals surface area (Å²) in [5, 5.41) is 2.56. The molecule has 0 aliphatic carbocycles. The van der Waals surface area contributed by atoms with E-state index in [9.17, 15) is 0 Å². The molecular weight excluding hydrogens is 422 g/mol. The van der Waals surface area contributed by atoms with Crippen LogP contribution in [0.5, 0.6) is 0 Å². The highest BCUT2D eigenvalue weighted by atomic mass is 15.0. The zero-order valence-electron chi connectivity index (χ0n) is 20.5. The van der Waals surface area contributed by atoms with Gasteiger partial charge >= 0.3 is 0 Å². The average molecular weight is 452 g/mol. The summed E-state index contributed by atoms with van der Waals surface area (Å²) in [4.78, 5) is 0. The minimum absolute atomic E-state index is 0.0581. The number of hydrogen-bond acceptors (Lipinski definition) is 0. The zero-order chi connectivity index (χ0) is 24.0. The van der Waals surface area contributed by atoms with E-state index in [1.165, 1.54) is 55.3 Å². The second-order valence-electron chi connectivity index (χ2n) is 10.3. The van der Waals surface area contributed by atoms with Gasteiger partial charge in [0.05, 0.1) is 11.0 Å². The molecule has 170 valence electrons. The number of benzene rings is 5. The number of aromatic nitrogens is 1. The van der Waals surface area contributed by atoms with E-state index in [1.807, 2.05) is 0 Å². The van der Waals surface area contributed by atoms with Crippen LogP contribution in [0.15, 0.2) is 121 Å². The van der Waals surface area contributed by atoms with Crippen molar-refractivity contribution in [3.63, 3.8) is 0 Å². The average Bonchev–Trinajstić information content (AvgIpc) is 3.22. The van der Waals surface area contributed by atoms with Gasteiger partial charge in [-0.25, -0.2) is 0 Å². The second-order valence-corrected chi connectivity index (χ2v) is 10.3. The first-order chi connectivity index (χ1) is 17.0. The molecule has 0 spiro atoms. The monoisotopic (exact) mass is 451 g/mol. The number of hydrogen-bond donors (Lipinski definition) is 0. The molecule has 0 saturated carbocycles. The lowest BCUT2D eigenvalue weighted by molar-refractivity contribution is 0.590. The zero-order valence-corrected chi connectivity index (χ0v) is 20.5. The Morgan fingerprint density at radius 1 is 0.457 bits per heavy atom. The van der Waals surface area contributed by atoms with Gasteiger partial charge in [0, 0.05) is 16.5 Å². The van der Waals surface area contributed by atoms with Gasteiger partial charge in [-0.2, -0.15) is 0 Å². The highest BCUT2D eigenvalue weighted by Gasteiger charge is 2.18. The number of rotatable bonds is 3. The summed E-state index contributed by atoms with van der Waals surface area (Å²) in [6, 6.07) is 44.0. The summed E-state index contributed by atoms with van der Waals surface area (Å²) in [7, 11) is 0. The van der Waals surface area contributed by atoms with Gasteiger partial charge in [-0.1, -0.05) is 112 Å². The van der Waals surface area contributed by atoms with Gasteiger partial charge in [-0.05, 0) is 63.6 Å². The van der Waals surface area contributed by atoms with Crippen LogP contribution in [0.4, 0.5) is 0 Å². The Bertz CT molecular complexity index is 1650. The van der Waals surface area contributed by atoms with Crippen molar-refractivity contribution in [2.45, 2.75) is 26.2 Å². The van der Waals surface area contributed by atoms with Crippen molar-refractivity contribution in [1.82, 2.24) is 4.57 Å². The predicted molar refractivity (Wildman–Crippen MR) is 150 cm³/mol. The molecule has 1 heteroatoms. The third kappa shape index (κ3) is 3.84. The standard InChI is InChI=1S/C34H29N/c1-34(2,3)28-21-26(24-12-6-4-7-13-24)20-27(22-28)25-18-19-31-30-16-10-11-17-32(30)35(33(31)23-25)29-14-8-5-9-15-29/h4-23H,1-3H3. The Labute approximate surface area is 207 Å². The fraction of sp³-hybridized carbons (Fsp3) is 0.118. The molecule has 5 aromatic carbocycles. The topological polar surface area (TPSA) is 4.93 Å². The lowest BCUT2D eigenvalue weighted by Crippen LogP contribution is -2.11. The second kappa shape index (κ2) is 8.29. The summed E-state index contributed by atoms with van der Waals surface area (Å²) in [6.07, 6.45) is 0. The highest BCUT2D eigenvalue weighted by molar-refractivity contribution is 6.10. The Hall–Kier alpha value is -4.10. The quantitative estimate of drug-likeness (QED) is 0.252. The van der Waals surface area contributed by atoms with E-state index in [1.54, 1.807) is 0 Å². The summed E-state index contributed by atoms with van der Waals surface area (Å²) < 4.78 is 2.39. The van der Waals surface area contributed by atoms with Gasteiger partial charge in [0.25, 0.3) is 0 Å². The molecule has 0 atom stereocenters. The van der Waals surface area contributed by atoms with Crippen molar-refractivity contribution in [2.75, 3.05) is 0 Å². The molecule has 0 aliphatic rings. The van der Waals surface area contributed by atoms with E-state index in [0.717, 1.165) is 0 Å². The fourth-order valence-electron chi connectivity index (χ4n) is 5.03. The van der Waals surface area contributed by atoms with Crippen molar-refractivity contribution in [2.24, 2.45) is 0 Å². The van der Waals surface area contributed by atoms with Crippen molar-refractivity contribution in [3.05, 3.63) is 127 Å². The van der Waals surface area contributed by atoms with E-state index in [2.05, 4.69) is 147 Å². The molecular formula is C34H29N. The Kier molecular flexibility index (Phi) is 5.07. The summed E-state index contributed by atoms with van der Waals surface area (Å²) in [5.74, 6) is 0. The normalized spacial score (nSPS) is 11.9. The number of nitrogens with zero attached hydrogens (tertiary/aromatic N) is 1. The first-order valence-corrected chi connectivity index (χ1v) is 12.3. The van der Waals surface area contributed by atoms with E-state index in [0.29, 0.717) is 0 Å². The van der Waals surface area contributed by atoms with Crippen LogP contribution in [0.25, 0.3) is 49.7 Å².